The van der Waals surface area contributed by atoms with Crippen molar-refractivity contribution in [1.29, 1.82) is 0 Å². The highest BCUT2D eigenvalue weighted by Gasteiger charge is 2.24. The third kappa shape index (κ3) is 4.26. The van der Waals surface area contributed by atoms with Crippen molar-refractivity contribution < 1.29 is 4.79 Å². The molecule has 0 radical (unpaired) electrons. The molecule has 1 aliphatic rings. The Bertz CT molecular complexity index is 988. The standard InChI is InChI=1S/C22H27N5OS/c1-3-27-11-7-10-17(27)13-23-20-18-15(2)19(29-22(18)26-14-25-20)21(28)24-12-16-8-5-4-6-9-16/h4-6,8-9,14,17H,3,7,10-13H2,1-2H3,(H,24,28)(H,23,25,26)/t17-/m1/s1. The Kier molecular flexibility index (Phi) is 6.06. The van der Waals surface area contributed by atoms with E-state index in [1.165, 1.54) is 30.7 Å². The lowest BCUT2D eigenvalue weighted by atomic mass is 10.1. The molecule has 0 bridgehead atoms. The molecule has 4 rings (SSSR count). The van der Waals surface area contributed by atoms with Crippen molar-refractivity contribution in [3.8, 4) is 0 Å². The minimum absolute atomic E-state index is 0.0618. The average Bonchev–Trinajstić information content (AvgIpc) is 3.35. The van der Waals surface area contributed by atoms with Gasteiger partial charge in [0, 0.05) is 19.1 Å². The molecule has 1 aromatic carbocycles. The van der Waals surface area contributed by atoms with Crippen LogP contribution in [0.3, 0.4) is 0 Å². The van der Waals surface area contributed by atoms with Crippen molar-refractivity contribution in [2.75, 3.05) is 25.0 Å². The van der Waals surface area contributed by atoms with Gasteiger partial charge in [0.05, 0.1) is 10.3 Å². The number of carbonyl (C=O) groups excluding carboxylic acids is 1. The maximum Gasteiger partial charge on any atom is 0.261 e. The third-order valence-corrected chi connectivity index (χ3v) is 6.84. The Morgan fingerprint density at radius 1 is 1.28 bits per heavy atom. The first-order valence-corrected chi connectivity index (χ1v) is 11.0. The molecule has 6 nitrogen and oxygen atoms in total. The smallest absolute Gasteiger partial charge is 0.261 e. The Hall–Kier alpha value is -2.51. The molecule has 152 valence electrons. The fourth-order valence-electron chi connectivity index (χ4n) is 4.04. The van der Waals surface area contributed by atoms with Crippen LogP contribution in [-0.4, -0.2) is 46.5 Å². The number of likely N-dealkylation sites (tertiary alicyclic amines) is 1. The molecule has 29 heavy (non-hydrogen) atoms. The van der Waals surface area contributed by atoms with Gasteiger partial charge in [0.15, 0.2) is 0 Å². The number of thiophene rings is 1. The van der Waals surface area contributed by atoms with Crippen molar-refractivity contribution in [2.45, 2.75) is 39.3 Å². The fraction of sp³-hybridized carbons (Fsp3) is 0.409. The summed E-state index contributed by atoms with van der Waals surface area (Å²) in [6.45, 7) is 7.83. The van der Waals surface area contributed by atoms with Crippen LogP contribution in [0, 0.1) is 6.92 Å². The first-order chi connectivity index (χ1) is 14.2. The predicted octanol–water partition coefficient (Wildman–Crippen LogP) is 3.83. The van der Waals surface area contributed by atoms with Gasteiger partial charge in [-0.2, -0.15) is 0 Å². The van der Waals surface area contributed by atoms with Crippen LogP contribution >= 0.6 is 11.3 Å². The molecule has 3 heterocycles. The zero-order valence-electron chi connectivity index (χ0n) is 16.9. The number of aromatic nitrogens is 2. The highest BCUT2D eigenvalue weighted by molar-refractivity contribution is 7.20. The normalized spacial score (nSPS) is 17.0. The molecule has 1 saturated heterocycles. The van der Waals surface area contributed by atoms with Gasteiger partial charge < -0.3 is 10.6 Å². The summed E-state index contributed by atoms with van der Waals surface area (Å²) in [7, 11) is 0. The second kappa shape index (κ2) is 8.88. The lowest BCUT2D eigenvalue weighted by Gasteiger charge is -2.23. The lowest BCUT2D eigenvalue weighted by molar-refractivity contribution is 0.0954. The van der Waals surface area contributed by atoms with Crippen LogP contribution in [-0.2, 0) is 6.54 Å². The topological polar surface area (TPSA) is 70.1 Å². The summed E-state index contributed by atoms with van der Waals surface area (Å²) in [5.74, 6) is 0.766. The van der Waals surface area contributed by atoms with E-state index in [4.69, 9.17) is 0 Å². The summed E-state index contributed by atoms with van der Waals surface area (Å²) < 4.78 is 0. The summed E-state index contributed by atoms with van der Waals surface area (Å²) in [5, 5.41) is 7.51. The van der Waals surface area contributed by atoms with E-state index >= 15 is 0 Å². The first-order valence-electron chi connectivity index (χ1n) is 10.2. The zero-order chi connectivity index (χ0) is 20.2. The van der Waals surface area contributed by atoms with Gasteiger partial charge in [-0.15, -0.1) is 11.3 Å². The molecule has 0 saturated carbocycles. The van der Waals surface area contributed by atoms with E-state index in [2.05, 4.69) is 32.4 Å². The van der Waals surface area contributed by atoms with E-state index in [0.29, 0.717) is 17.5 Å². The number of hydrogen-bond acceptors (Lipinski definition) is 6. The van der Waals surface area contributed by atoms with Crippen LogP contribution in [0.4, 0.5) is 5.82 Å². The monoisotopic (exact) mass is 409 g/mol. The molecular weight excluding hydrogens is 382 g/mol. The van der Waals surface area contributed by atoms with Gasteiger partial charge in [-0.1, -0.05) is 37.3 Å². The molecule has 2 aromatic heterocycles. The lowest BCUT2D eigenvalue weighted by Crippen LogP contribution is -2.34. The predicted molar refractivity (Wildman–Crippen MR) is 119 cm³/mol. The molecule has 1 fully saturated rings. The second-order valence-corrected chi connectivity index (χ2v) is 8.43. The zero-order valence-corrected chi connectivity index (χ0v) is 17.8. The number of nitrogens with zero attached hydrogens (tertiary/aromatic N) is 3. The molecule has 0 aliphatic carbocycles. The molecule has 1 amide bonds. The van der Waals surface area contributed by atoms with Crippen molar-refractivity contribution >= 4 is 33.3 Å². The van der Waals surface area contributed by atoms with Gasteiger partial charge in [-0.05, 0) is 44.0 Å². The van der Waals surface area contributed by atoms with Gasteiger partial charge in [-0.3, -0.25) is 9.69 Å². The summed E-state index contributed by atoms with van der Waals surface area (Å²) in [6, 6.07) is 10.5. The van der Waals surface area contributed by atoms with Crippen LogP contribution < -0.4 is 10.6 Å². The second-order valence-electron chi connectivity index (χ2n) is 7.43. The van der Waals surface area contributed by atoms with Gasteiger partial charge in [0.25, 0.3) is 5.91 Å². The number of anilines is 1. The van der Waals surface area contributed by atoms with Gasteiger partial charge in [0.1, 0.15) is 17.0 Å². The molecule has 3 aromatic rings. The highest BCUT2D eigenvalue weighted by atomic mass is 32.1. The van der Waals surface area contributed by atoms with Crippen LogP contribution in [0.25, 0.3) is 10.2 Å². The largest absolute Gasteiger partial charge is 0.368 e. The van der Waals surface area contributed by atoms with E-state index in [1.54, 1.807) is 6.33 Å². The van der Waals surface area contributed by atoms with Crippen molar-refractivity contribution in [3.05, 3.63) is 52.7 Å². The molecule has 2 N–H and O–H groups in total. The van der Waals surface area contributed by atoms with Gasteiger partial charge in [0.2, 0.25) is 0 Å². The van der Waals surface area contributed by atoms with Crippen LogP contribution in [0.15, 0.2) is 36.7 Å². The summed E-state index contributed by atoms with van der Waals surface area (Å²) in [4.78, 5) is 25.7. The number of aryl methyl sites for hydroxylation is 1. The number of nitrogens with one attached hydrogen (secondary N) is 2. The summed E-state index contributed by atoms with van der Waals surface area (Å²) >= 11 is 1.43. The van der Waals surface area contributed by atoms with E-state index < -0.39 is 0 Å². The maximum absolute atomic E-state index is 12.8. The molecule has 7 heteroatoms. The van der Waals surface area contributed by atoms with Crippen LogP contribution in [0.5, 0.6) is 0 Å². The minimum Gasteiger partial charge on any atom is -0.368 e. The number of fused-ring (bicyclic) bond motifs is 1. The van der Waals surface area contributed by atoms with Crippen molar-refractivity contribution in [1.82, 2.24) is 20.2 Å². The SMILES string of the molecule is CCN1CCC[C@@H]1CNc1ncnc2sc(C(=O)NCc3ccccc3)c(C)c12. The van der Waals surface area contributed by atoms with E-state index in [9.17, 15) is 4.79 Å². The number of rotatable bonds is 7. The number of benzene rings is 1. The van der Waals surface area contributed by atoms with Crippen molar-refractivity contribution in [3.63, 3.8) is 0 Å². The number of amides is 1. The van der Waals surface area contributed by atoms with Crippen LogP contribution in [0.2, 0.25) is 0 Å². The van der Waals surface area contributed by atoms with E-state index in [-0.39, 0.29) is 5.91 Å². The number of hydrogen-bond donors (Lipinski definition) is 2. The Morgan fingerprint density at radius 3 is 2.90 bits per heavy atom. The number of carbonyl (C=O) groups is 1. The molecule has 0 unspecified atom stereocenters. The number of likely N-dealkylation sites (N-methyl/N-ethyl adjacent to an activating group) is 1. The van der Waals surface area contributed by atoms with Gasteiger partial charge >= 0.3 is 0 Å². The quantitative estimate of drug-likeness (QED) is 0.621. The summed E-state index contributed by atoms with van der Waals surface area (Å²) in [5.41, 5.74) is 2.02. The van der Waals surface area contributed by atoms with Crippen LogP contribution in [0.1, 0.15) is 40.6 Å². The molecule has 0 spiro atoms. The first kappa shape index (κ1) is 19.8. The highest BCUT2D eigenvalue weighted by Crippen LogP contribution is 2.33. The maximum atomic E-state index is 12.8. The van der Waals surface area contributed by atoms with E-state index in [0.717, 1.165) is 40.3 Å². The minimum atomic E-state index is -0.0618. The Labute approximate surface area is 175 Å². The van der Waals surface area contributed by atoms with Crippen molar-refractivity contribution in [2.24, 2.45) is 0 Å². The molecular formula is C22H27N5OS. The third-order valence-electron chi connectivity index (χ3n) is 5.64. The summed E-state index contributed by atoms with van der Waals surface area (Å²) in [6.07, 6.45) is 4.05. The molecule has 1 atom stereocenters. The fourth-order valence-corrected chi connectivity index (χ4v) is 5.10. The van der Waals surface area contributed by atoms with Gasteiger partial charge in [-0.25, -0.2) is 9.97 Å². The van der Waals surface area contributed by atoms with E-state index in [1.807, 2.05) is 37.3 Å². The molecule has 1 aliphatic heterocycles. The Morgan fingerprint density at radius 2 is 2.10 bits per heavy atom. The average molecular weight is 410 g/mol. The Balaban J connectivity index is 1.51.